The van der Waals surface area contributed by atoms with E-state index in [1.807, 2.05) is 24.3 Å². The van der Waals surface area contributed by atoms with Crippen molar-refractivity contribution in [1.82, 2.24) is 5.32 Å². The number of carbonyl (C=O) groups excluding carboxylic acids is 1. The highest BCUT2D eigenvalue weighted by Gasteiger charge is 2.21. The molecule has 1 aliphatic rings. The fourth-order valence-corrected chi connectivity index (χ4v) is 2.83. The Kier molecular flexibility index (Phi) is 4.97. The largest absolute Gasteiger partial charge is 0.349 e. The number of benzene rings is 1. The van der Waals surface area contributed by atoms with Crippen molar-refractivity contribution in [3.63, 3.8) is 0 Å². The Morgan fingerprint density at radius 3 is 2.47 bits per heavy atom. The number of carbonyl (C=O) groups is 1. The van der Waals surface area contributed by atoms with Crippen LogP contribution in [-0.2, 0) is 6.54 Å². The van der Waals surface area contributed by atoms with Crippen LogP contribution in [0.5, 0.6) is 0 Å². The topological polar surface area (TPSA) is 55.1 Å². The molecule has 19 heavy (non-hydrogen) atoms. The number of nitrogens with one attached hydrogen (secondary N) is 1. The highest BCUT2D eigenvalue weighted by Crippen LogP contribution is 2.26. The first-order valence-electron chi connectivity index (χ1n) is 7.30. The lowest BCUT2D eigenvalue weighted by Crippen LogP contribution is -2.38. The van der Waals surface area contributed by atoms with Crippen LogP contribution in [0.3, 0.4) is 0 Å². The molecule has 0 spiro atoms. The molecule has 104 valence electrons. The molecular weight excluding hydrogens is 236 g/mol. The van der Waals surface area contributed by atoms with Gasteiger partial charge in [-0.2, -0.15) is 0 Å². The summed E-state index contributed by atoms with van der Waals surface area (Å²) in [4.78, 5) is 12.2. The average molecular weight is 260 g/mol. The Balaban J connectivity index is 1.91. The third-order valence-electron chi connectivity index (χ3n) is 4.17. The van der Waals surface area contributed by atoms with Gasteiger partial charge in [0.1, 0.15) is 0 Å². The zero-order chi connectivity index (χ0) is 13.7. The van der Waals surface area contributed by atoms with Gasteiger partial charge in [-0.25, -0.2) is 0 Å². The molecule has 0 aliphatic heterocycles. The summed E-state index contributed by atoms with van der Waals surface area (Å²) in [5.41, 5.74) is 7.33. The van der Waals surface area contributed by atoms with Crippen molar-refractivity contribution in [3.05, 3.63) is 35.4 Å². The number of rotatable bonds is 4. The van der Waals surface area contributed by atoms with Crippen molar-refractivity contribution < 1.29 is 4.79 Å². The van der Waals surface area contributed by atoms with E-state index in [2.05, 4.69) is 12.2 Å². The number of hydrogen-bond donors (Lipinski definition) is 2. The Morgan fingerprint density at radius 2 is 1.89 bits per heavy atom. The standard InChI is InChI=1S/C16H24N2O/c1-12(14-5-3-2-4-6-14)18-16(19)15-9-7-13(11-17)8-10-15/h7-10,12,14H,2-6,11,17H2,1H3,(H,18,19)/t12-/m0/s1. The Hall–Kier alpha value is -1.35. The van der Waals surface area contributed by atoms with Crippen molar-refractivity contribution >= 4 is 5.91 Å². The molecule has 0 bridgehead atoms. The van der Waals surface area contributed by atoms with E-state index in [0.29, 0.717) is 12.5 Å². The third kappa shape index (κ3) is 3.80. The SMILES string of the molecule is C[C@H](NC(=O)c1ccc(CN)cc1)C1CCCCC1. The molecule has 1 aromatic rings. The highest BCUT2D eigenvalue weighted by atomic mass is 16.1. The fraction of sp³-hybridized carbons (Fsp3) is 0.562. The van der Waals surface area contributed by atoms with Crippen LogP contribution in [0.25, 0.3) is 0 Å². The van der Waals surface area contributed by atoms with Crippen molar-refractivity contribution in [2.75, 3.05) is 0 Å². The Bertz CT molecular complexity index is 407. The van der Waals surface area contributed by atoms with E-state index in [0.717, 1.165) is 11.1 Å². The zero-order valence-electron chi connectivity index (χ0n) is 11.7. The summed E-state index contributed by atoms with van der Waals surface area (Å²) >= 11 is 0. The average Bonchev–Trinajstić information content (AvgIpc) is 2.48. The van der Waals surface area contributed by atoms with E-state index in [1.165, 1.54) is 32.1 Å². The first kappa shape index (κ1) is 14.1. The summed E-state index contributed by atoms with van der Waals surface area (Å²) in [6, 6.07) is 7.80. The molecule has 3 N–H and O–H groups in total. The highest BCUT2D eigenvalue weighted by molar-refractivity contribution is 5.94. The summed E-state index contributed by atoms with van der Waals surface area (Å²) < 4.78 is 0. The van der Waals surface area contributed by atoms with Gasteiger partial charge < -0.3 is 11.1 Å². The second kappa shape index (κ2) is 6.71. The van der Waals surface area contributed by atoms with Crippen LogP contribution in [0.4, 0.5) is 0 Å². The van der Waals surface area contributed by atoms with E-state index >= 15 is 0 Å². The van der Waals surface area contributed by atoms with Gasteiger partial charge in [-0.3, -0.25) is 4.79 Å². The fourth-order valence-electron chi connectivity index (χ4n) is 2.83. The Labute approximate surface area is 115 Å². The zero-order valence-corrected chi connectivity index (χ0v) is 11.7. The molecule has 3 nitrogen and oxygen atoms in total. The summed E-state index contributed by atoms with van der Waals surface area (Å²) in [5.74, 6) is 0.669. The van der Waals surface area contributed by atoms with Crippen LogP contribution in [0.15, 0.2) is 24.3 Å². The van der Waals surface area contributed by atoms with E-state index in [4.69, 9.17) is 5.73 Å². The van der Waals surface area contributed by atoms with Crippen LogP contribution in [0.1, 0.15) is 54.9 Å². The summed E-state index contributed by atoms with van der Waals surface area (Å²) in [7, 11) is 0. The van der Waals surface area contributed by atoms with Crippen molar-refractivity contribution in [3.8, 4) is 0 Å². The second-order valence-electron chi connectivity index (χ2n) is 5.56. The van der Waals surface area contributed by atoms with Crippen LogP contribution >= 0.6 is 0 Å². The quantitative estimate of drug-likeness (QED) is 0.874. The van der Waals surface area contributed by atoms with Gasteiger partial charge in [0.2, 0.25) is 0 Å². The molecule has 3 heteroatoms. The molecule has 1 atom stereocenters. The van der Waals surface area contributed by atoms with Crippen molar-refractivity contribution in [2.24, 2.45) is 11.7 Å². The van der Waals surface area contributed by atoms with Gasteiger partial charge >= 0.3 is 0 Å². The molecule has 0 heterocycles. The van der Waals surface area contributed by atoms with Gasteiger partial charge in [-0.05, 0) is 43.4 Å². The minimum absolute atomic E-state index is 0.0293. The van der Waals surface area contributed by atoms with Gasteiger partial charge in [0.25, 0.3) is 5.91 Å². The normalized spacial score (nSPS) is 18.0. The second-order valence-corrected chi connectivity index (χ2v) is 5.56. The van der Waals surface area contributed by atoms with Crippen molar-refractivity contribution in [1.29, 1.82) is 0 Å². The van der Waals surface area contributed by atoms with Gasteiger partial charge in [0.15, 0.2) is 0 Å². The van der Waals surface area contributed by atoms with Crippen LogP contribution in [-0.4, -0.2) is 11.9 Å². The lowest BCUT2D eigenvalue weighted by molar-refractivity contribution is 0.0919. The summed E-state index contributed by atoms with van der Waals surface area (Å²) in [5, 5.41) is 3.13. The minimum atomic E-state index is 0.0293. The number of amides is 1. The molecule has 1 fully saturated rings. The van der Waals surface area contributed by atoms with Crippen LogP contribution in [0.2, 0.25) is 0 Å². The van der Waals surface area contributed by atoms with Gasteiger partial charge in [-0.15, -0.1) is 0 Å². The molecule has 0 unspecified atom stereocenters. The third-order valence-corrected chi connectivity index (χ3v) is 4.17. The lowest BCUT2D eigenvalue weighted by Gasteiger charge is -2.28. The smallest absolute Gasteiger partial charge is 0.251 e. The summed E-state index contributed by atoms with van der Waals surface area (Å²) in [6.07, 6.45) is 6.44. The van der Waals surface area contributed by atoms with Crippen LogP contribution < -0.4 is 11.1 Å². The monoisotopic (exact) mass is 260 g/mol. The molecule has 0 saturated heterocycles. The first-order chi connectivity index (χ1) is 9.20. The van der Waals surface area contributed by atoms with E-state index in [1.54, 1.807) is 0 Å². The summed E-state index contributed by atoms with van der Waals surface area (Å²) in [6.45, 7) is 2.64. The Morgan fingerprint density at radius 1 is 1.26 bits per heavy atom. The van der Waals surface area contributed by atoms with Crippen molar-refractivity contribution in [2.45, 2.75) is 51.6 Å². The molecule has 1 aliphatic carbocycles. The van der Waals surface area contributed by atoms with E-state index in [-0.39, 0.29) is 11.9 Å². The number of nitrogens with two attached hydrogens (primary N) is 1. The van der Waals surface area contributed by atoms with E-state index < -0.39 is 0 Å². The predicted octanol–water partition coefficient (Wildman–Crippen LogP) is 2.84. The predicted molar refractivity (Wildman–Crippen MR) is 77.8 cm³/mol. The molecule has 2 rings (SSSR count). The van der Waals surface area contributed by atoms with Gasteiger partial charge in [0.05, 0.1) is 0 Å². The molecule has 0 aromatic heterocycles. The van der Waals surface area contributed by atoms with Gasteiger partial charge in [0, 0.05) is 18.2 Å². The molecule has 1 aromatic carbocycles. The lowest BCUT2D eigenvalue weighted by atomic mass is 9.84. The molecule has 1 amide bonds. The maximum absolute atomic E-state index is 12.2. The molecule has 0 radical (unpaired) electrons. The minimum Gasteiger partial charge on any atom is -0.349 e. The molecular formula is C16H24N2O. The van der Waals surface area contributed by atoms with Crippen LogP contribution in [0, 0.1) is 5.92 Å². The number of hydrogen-bond acceptors (Lipinski definition) is 2. The first-order valence-corrected chi connectivity index (χ1v) is 7.30. The van der Waals surface area contributed by atoms with E-state index in [9.17, 15) is 4.79 Å². The van der Waals surface area contributed by atoms with Gasteiger partial charge in [-0.1, -0.05) is 31.4 Å². The maximum atomic E-state index is 12.2. The maximum Gasteiger partial charge on any atom is 0.251 e. The molecule has 1 saturated carbocycles.